The average molecular weight is 842 g/mol. The molecule has 1 atom stereocenters. The maximum absolute atomic E-state index is 5.66. The maximum atomic E-state index is 5.66. The van der Waals surface area contributed by atoms with Gasteiger partial charge in [-0.2, -0.15) is 42.3 Å². The molecule has 50 heavy (non-hydrogen) atoms. The molecule has 0 spiro atoms. The quantitative estimate of drug-likeness (QED) is 0.150. The van der Waals surface area contributed by atoms with Gasteiger partial charge in [0.25, 0.3) is 0 Å². The first kappa shape index (κ1) is 45.0. The zero-order valence-electron chi connectivity index (χ0n) is 33.6. The van der Waals surface area contributed by atoms with Crippen molar-refractivity contribution >= 4 is 16.6 Å². The second kappa shape index (κ2) is 21.4. The fourth-order valence-electron chi connectivity index (χ4n) is 6.31. The Hall–Kier alpha value is -3.04. The van der Waals surface area contributed by atoms with E-state index >= 15 is 0 Å². The Morgan fingerprint density at radius 2 is 1.16 bits per heavy atom. The summed E-state index contributed by atoms with van der Waals surface area (Å²) in [4.78, 5) is 5.36. The Bertz CT molecular complexity index is 1710. The summed E-state index contributed by atoms with van der Waals surface area (Å²) < 4.78 is 4.47. The van der Waals surface area contributed by atoms with Crippen LogP contribution >= 0.6 is 0 Å². The summed E-state index contributed by atoms with van der Waals surface area (Å²) in [5.41, 5.74) is 12.4. The van der Waals surface area contributed by atoms with Gasteiger partial charge in [0, 0.05) is 24.3 Å². The molecule has 0 amide bonds. The number of aryl methyl sites for hydroxylation is 5. The topological polar surface area (TPSA) is 79.2 Å². The number of benzene rings is 3. The Morgan fingerprint density at radius 1 is 0.680 bits per heavy atom. The van der Waals surface area contributed by atoms with Crippen molar-refractivity contribution in [2.45, 2.75) is 80.2 Å². The molecule has 0 bridgehead atoms. The zero-order valence-corrected chi connectivity index (χ0v) is 37.2. The molecule has 7 nitrogen and oxygen atoms in total. The Morgan fingerprint density at radius 3 is 1.64 bits per heavy atom. The van der Waals surface area contributed by atoms with Crippen LogP contribution in [0.15, 0.2) is 60.8 Å². The van der Waals surface area contributed by atoms with Crippen LogP contribution in [0.4, 0.5) is 5.69 Å². The van der Waals surface area contributed by atoms with Crippen LogP contribution in [0.2, 0.25) is 0 Å². The molecule has 3 aromatic carbocycles. The molecule has 0 radical (unpaired) electrons. The number of rotatable bonds is 7. The van der Waals surface area contributed by atoms with Crippen LogP contribution in [-0.2, 0) is 32.9 Å². The van der Waals surface area contributed by atoms with Gasteiger partial charge in [0.1, 0.15) is 5.82 Å². The molecule has 0 aliphatic rings. The van der Waals surface area contributed by atoms with E-state index in [0.717, 1.165) is 17.3 Å². The smallest absolute Gasteiger partial charge is 0.671 e. The van der Waals surface area contributed by atoms with Crippen LogP contribution in [0.3, 0.4) is 0 Å². The molecule has 0 N–H and O–H groups in total. The van der Waals surface area contributed by atoms with E-state index in [9.17, 15) is 0 Å². The van der Waals surface area contributed by atoms with Crippen molar-refractivity contribution in [2.24, 2.45) is 7.05 Å². The predicted octanol–water partition coefficient (Wildman–Crippen LogP) is 11.8. The second-order valence-corrected chi connectivity index (χ2v) is 13.4. The Balaban J connectivity index is 0.00000113. The van der Waals surface area contributed by atoms with Crippen LogP contribution in [0.5, 0.6) is 0 Å². The molecule has 1 unspecified atom stereocenters. The van der Waals surface area contributed by atoms with E-state index in [1.165, 1.54) is 55.5 Å². The summed E-state index contributed by atoms with van der Waals surface area (Å²) in [5, 5.41) is 17.4. The van der Waals surface area contributed by atoms with Crippen molar-refractivity contribution in [3.63, 3.8) is 0 Å². The van der Waals surface area contributed by atoms with E-state index in [-0.39, 0.29) is 31.9 Å². The second-order valence-electron chi connectivity index (χ2n) is 13.4. The first-order chi connectivity index (χ1) is 23.2. The van der Waals surface area contributed by atoms with E-state index in [1.807, 2.05) is 0 Å². The SMILES string of the molecule is C[N-]C.C[N-]C.C[N-]C.Cc1cc(C)c(C([N-]c2c(C(C)C)cccc2C(C)C)c2nc(-n3c(C)c(C)c4ccccc43)cn2C)c(C)c1.[Hf+4]. The van der Waals surface area contributed by atoms with Gasteiger partial charge in [-0.05, 0) is 80.8 Å². The first-order valence-corrected chi connectivity index (χ1v) is 17.2. The van der Waals surface area contributed by atoms with Crippen molar-refractivity contribution in [2.75, 3.05) is 42.3 Å². The van der Waals surface area contributed by atoms with Crippen LogP contribution in [0.1, 0.15) is 96.0 Å². The molecule has 0 aliphatic heterocycles. The van der Waals surface area contributed by atoms with Gasteiger partial charge >= 0.3 is 25.8 Å². The van der Waals surface area contributed by atoms with E-state index in [1.54, 1.807) is 42.3 Å². The van der Waals surface area contributed by atoms with Crippen LogP contribution in [0, 0.1) is 34.6 Å². The largest absolute Gasteiger partial charge is 4.00 e. The monoisotopic (exact) mass is 843 g/mol. The molecule has 0 saturated heterocycles. The van der Waals surface area contributed by atoms with Crippen molar-refractivity contribution < 1.29 is 25.8 Å². The minimum Gasteiger partial charge on any atom is -0.671 e. The van der Waals surface area contributed by atoms with E-state index in [2.05, 4.69) is 155 Å². The molecular weight excluding hydrogens is 781 g/mol. The van der Waals surface area contributed by atoms with Crippen LogP contribution < -0.4 is 0 Å². The molecule has 0 fully saturated rings. The van der Waals surface area contributed by atoms with Crippen molar-refractivity contribution in [3.05, 3.63) is 133 Å². The van der Waals surface area contributed by atoms with Crippen molar-refractivity contribution in [1.82, 2.24) is 14.1 Å². The maximum Gasteiger partial charge on any atom is 4.00 e. The Kier molecular flexibility index (Phi) is 19.2. The average Bonchev–Trinajstić information content (AvgIpc) is 3.52. The number of hydrogen-bond acceptors (Lipinski definition) is 1. The number of aromatic nitrogens is 3. The summed E-state index contributed by atoms with van der Waals surface area (Å²) >= 11 is 0. The van der Waals surface area contributed by atoms with Gasteiger partial charge in [0.2, 0.25) is 0 Å². The summed E-state index contributed by atoms with van der Waals surface area (Å²) in [7, 11) is 12.6. The summed E-state index contributed by atoms with van der Waals surface area (Å²) in [6.45, 7) is 20.0. The number of imidazole rings is 1. The first-order valence-electron chi connectivity index (χ1n) is 17.2. The molecule has 0 aliphatic carbocycles. The zero-order chi connectivity index (χ0) is 37.0. The summed E-state index contributed by atoms with van der Waals surface area (Å²) in [5.74, 6) is 2.62. The third-order valence-electron chi connectivity index (χ3n) is 8.41. The molecule has 8 heteroatoms. The third kappa shape index (κ3) is 10.7. The van der Waals surface area contributed by atoms with Gasteiger partial charge in [-0.25, -0.2) is 4.98 Å². The van der Waals surface area contributed by atoms with Gasteiger partial charge < -0.3 is 25.8 Å². The molecule has 268 valence electrons. The summed E-state index contributed by atoms with van der Waals surface area (Å²) in [6.07, 6.45) is 2.16. The number of para-hydroxylation sites is 2. The fourth-order valence-corrected chi connectivity index (χ4v) is 6.31. The normalized spacial score (nSPS) is 11.2. The van der Waals surface area contributed by atoms with Crippen LogP contribution in [-0.4, -0.2) is 56.4 Å². The standard InChI is InChI=1S/C36H43N4.3C2H6N.Hf/c1-21(2)28-15-13-16-29(22(3)4)34(28)38-35(33-24(6)18-23(5)19-25(33)7)36-37-32(20-39(36)10)40-27(9)26(8)30-14-11-12-17-31(30)40;3*1-3-2;/h11-22,35H,1-10H3;3*1-2H3;/q4*-1;+4. The third-order valence-corrected chi connectivity index (χ3v) is 8.41. The van der Waals surface area contributed by atoms with Crippen molar-refractivity contribution in [3.8, 4) is 5.82 Å². The molecule has 5 aromatic rings. The van der Waals surface area contributed by atoms with Crippen molar-refractivity contribution in [1.29, 1.82) is 0 Å². The van der Waals surface area contributed by atoms with E-state index in [4.69, 9.17) is 10.3 Å². The van der Waals surface area contributed by atoms with Gasteiger partial charge in [0.05, 0.1) is 5.52 Å². The molecule has 0 saturated carbocycles. The molecule has 2 heterocycles. The van der Waals surface area contributed by atoms with Gasteiger partial charge in [-0.3, -0.25) is 4.57 Å². The predicted molar refractivity (Wildman–Crippen MR) is 215 cm³/mol. The van der Waals surface area contributed by atoms with Gasteiger partial charge in [-0.1, -0.05) is 92.9 Å². The number of nitrogens with zero attached hydrogens (tertiary/aromatic N) is 7. The number of hydrogen-bond donors (Lipinski definition) is 0. The fraction of sp³-hybridized carbons (Fsp3) is 0.452. The van der Waals surface area contributed by atoms with E-state index < -0.39 is 0 Å². The molecular formula is C42H61HfN7. The van der Waals surface area contributed by atoms with Crippen LogP contribution in [0.25, 0.3) is 38.0 Å². The van der Waals surface area contributed by atoms with Gasteiger partial charge in [-0.15, -0.1) is 5.69 Å². The molecule has 5 rings (SSSR count). The summed E-state index contributed by atoms with van der Waals surface area (Å²) in [6, 6.07) is 19.6. The minimum atomic E-state index is -0.236. The molecule has 2 aromatic heterocycles. The van der Waals surface area contributed by atoms with Gasteiger partial charge in [0.15, 0.2) is 5.82 Å². The Labute approximate surface area is 322 Å². The van der Waals surface area contributed by atoms with E-state index in [0.29, 0.717) is 11.8 Å². The minimum absolute atomic E-state index is 0. The number of fused-ring (bicyclic) bond motifs is 1.